The zero-order valence-electron chi connectivity index (χ0n) is 12.0. The summed E-state index contributed by atoms with van der Waals surface area (Å²) in [7, 11) is -2.98. The first-order chi connectivity index (χ1) is 10.5. The summed E-state index contributed by atoms with van der Waals surface area (Å²) in [5.74, 6) is -0.0376. The number of sulfone groups is 1. The molecule has 2 heterocycles. The van der Waals surface area contributed by atoms with Crippen LogP contribution in [0.2, 0.25) is 0 Å². The Balaban J connectivity index is 1.61. The molecular weight excluding hydrogens is 302 g/mol. The van der Waals surface area contributed by atoms with E-state index in [1.54, 1.807) is 23.0 Å². The van der Waals surface area contributed by atoms with Gasteiger partial charge < -0.3 is 5.32 Å². The van der Waals surface area contributed by atoms with Crippen LogP contribution in [-0.4, -0.2) is 41.7 Å². The van der Waals surface area contributed by atoms with Crippen molar-refractivity contribution in [3.63, 3.8) is 0 Å². The van der Waals surface area contributed by atoms with Crippen molar-refractivity contribution in [2.75, 3.05) is 11.5 Å². The fourth-order valence-electron chi connectivity index (χ4n) is 2.52. The molecule has 0 saturated carbocycles. The maximum Gasteiger partial charge on any atom is 0.251 e. The van der Waals surface area contributed by atoms with Gasteiger partial charge in [-0.15, -0.1) is 0 Å². The first-order valence-corrected chi connectivity index (χ1v) is 8.92. The molecule has 1 aromatic heterocycles. The minimum absolute atomic E-state index is 0.0378. The fourth-order valence-corrected chi connectivity index (χ4v) is 4.19. The molecule has 0 bridgehead atoms. The monoisotopic (exact) mass is 319 g/mol. The summed E-state index contributed by atoms with van der Waals surface area (Å²) in [4.78, 5) is 12.1. The second-order valence-corrected chi connectivity index (χ2v) is 7.70. The number of amides is 1. The highest BCUT2D eigenvalue weighted by Gasteiger charge is 2.29. The first-order valence-electron chi connectivity index (χ1n) is 7.09. The first kappa shape index (κ1) is 14.8. The van der Waals surface area contributed by atoms with E-state index in [1.165, 1.54) is 0 Å². The summed E-state index contributed by atoms with van der Waals surface area (Å²) < 4.78 is 24.6. The van der Waals surface area contributed by atoms with E-state index in [-0.39, 0.29) is 23.5 Å². The Kier molecular flexibility index (Phi) is 3.98. The number of carbonyl (C=O) groups is 1. The van der Waals surface area contributed by atoms with E-state index in [1.807, 2.05) is 24.4 Å². The zero-order chi connectivity index (χ0) is 15.6. The molecule has 1 amide bonds. The standard InChI is InChI=1S/C15H17N3O3S/c19-15(17-14-6-9-22(20,21)11-14)13-4-2-12(3-5-13)10-18-8-1-7-16-18/h1-5,7-8,14H,6,9-11H2,(H,17,19)/t14-/m0/s1. The third-order valence-electron chi connectivity index (χ3n) is 3.69. The second kappa shape index (κ2) is 5.92. The molecule has 3 rings (SSSR count). The number of benzene rings is 1. The van der Waals surface area contributed by atoms with Gasteiger partial charge in [0.25, 0.3) is 5.91 Å². The molecule has 1 saturated heterocycles. The van der Waals surface area contributed by atoms with Crippen molar-refractivity contribution in [1.29, 1.82) is 0 Å². The maximum atomic E-state index is 12.1. The van der Waals surface area contributed by atoms with E-state index in [2.05, 4.69) is 10.4 Å². The van der Waals surface area contributed by atoms with Crippen LogP contribution in [0.5, 0.6) is 0 Å². The molecule has 22 heavy (non-hydrogen) atoms. The number of hydrogen-bond donors (Lipinski definition) is 1. The van der Waals surface area contributed by atoms with Crippen molar-refractivity contribution in [3.8, 4) is 0 Å². The number of hydrogen-bond acceptors (Lipinski definition) is 4. The lowest BCUT2D eigenvalue weighted by Gasteiger charge is -2.11. The van der Waals surface area contributed by atoms with Gasteiger partial charge in [0.15, 0.2) is 9.84 Å². The van der Waals surface area contributed by atoms with Crippen molar-refractivity contribution < 1.29 is 13.2 Å². The molecule has 1 atom stereocenters. The fraction of sp³-hybridized carbons (Fsp3) is 0.333. The normalized spacial score (nSPS) is 19.9. The number of carbonyl (C=O) groups excluding carboxylic acids is 1. The average Bonchev–Trinajstić information content (AvgIpc) is 3.09. The molecule has 116 valence electrons. The third-order valence-corrected chi connectivity index (χ3v) is 5.46. The molecule has 1 fully saturated rings. The van der Waals surface area contributed by atoms with E-state index < -0.39 is 9.84 Å². The predicted molar refractivity (Wildman–Crippen MR) is 82.3 cm³/mol. The van der Waals surface area contributed by atoms with Gasteiger partial charge in [-0.1, -0.05) is 12.1 Å². The Morgan fingerprint density at radius 1 is 1.32 bits per heavy atom. The second-order valence-electron chi connectivity index (χ2n) is 5.47. The van der Waals surface area contributed by atoms with Crippen molar-refractivity contribution in [2.24, 2.45) is 0 Å². The van der Waals surface area contributed by atoms with Gasteiger partial charge in [-0.25, -0.2) is 8.42 Å². The SMILES string of the molecule is O=C(N[C@H]1CCS(=O)(=O)C1)c1ccc(Cn2cccn2)cc1. The molecule has 0 radical (unpaired) electrons. The van der Waals surface area contributed by atoms with E-state index in [0.717, 1.165) is 5.56 Å². The van der Waals surface area contributed by atoms with Gasteiger partial charge >= 0.3 is 0 Å². The van der Waals surface area contributed by atoms with Crippen molar-refractivity contribution in [1.82, 2.24) is 15.1 Å². The van der Waals surface area contributed by atoms with Crippen LogP contribution in [-0.2, 0) is 16.4 Å². The Morgan fingerprint density at radius 3 is 2.68 bits per heavy atom. The highest BCUT2D eigenvalue weighted by Crippen LogP contribution is 2.13. The number of nitrogens with zero attached hydrogens (tertiary/aromatic N) is 2. The van der Waals surface area contributed by atoms with Crippen LogP contribution in [0.25, 0.3) is 0 Å². The van der Waals surface area contributed by atoms with Crippen LogP contribution in [0.1, 0.15) is 22.3 Å². The lowest BCUT2D eigenvalue weighted by molar-refractivity contribution is 0.0941. The summed E-state index contributed by atoms with van der Waals surface area (Å²) in [6.07, 6.45) is 4.09. The molecular formula is C15H17N3O3S. The Bertz CT molecular complexity index is 752. The molecule has 6 nitrogen and oxygen atoms in total. The maximum absolute atomic E-state index is 12.1. The highest BCUT2D eigenvalue weighted by atomic mass is 32.2. The molecule has 2 aromatic rings. The third kappa shape index (κ3) is 3.54. The highest BCUT2D eigenvalue weighted by molar-refractivity contribution is 7.91. The Hall–Kier alpha value is -2.15. The lowest BCUT2D eigenvalue weighted by atomic mass is 10.1. The number of rotatable bonds is 4. The van der Waals surface area contributed by atoms with Gasteiger partial charge in [-0.2, -0.15) is 5.10 Å². The molecule has 0 unspecified atom stereocenters. The minimum Gasteiger partial charge on any atom is -0.348 e. The molecule has 0 spiro atoms. The predicted octanol–water partition coefficient (Wildman–Crippen LogP) is 0.848. The van der Waals surface area contributed by atoms with Gasteiger partial charge in [0.2, 0.25) is 0 Å². The smallest absolute Gasteiger partial charge is 0.251 e. The number of aromatic nitrogens is 2. The molecule has 1 aliphatic rings. The largest absolute Gasteiger partial charge is 0.348 e. The van der Waals surface area contributed by atoms with Gasteiger partial charge in [-0.05, 0) is 30.2 Å². The van der Waals surface area contributed by atoms with Crippen molar-refractivity contribution in [3.05, 3.63) is 53.9 Å². The summed E-state index contributed by atoms with van der Waals surface area (Å²) in [5, 5.41) is 6.91. The molecule has 1 aliphatic heterocycles. The van der Waals surface area contributed by atoms with Crippen LogP contribution in [0, 0.1) is 0 Å². The zero-order valence-corrected chi connectivity index (χ0v) is 12.8. The summed E-state index contributed by atoms with van der Waals surface area (Å²) in [6, 6.07) is 8.83. The molecule has 1 aromatic carbocycles. The summed E-state index contributed by atoms with van der Waals surface area (Å²) >= 11 is 0. The Labute approximate surface area is 129 Å². The van der Waals surface area contributed by atoms with E-state index in [9.17, 15) is 13.2 Å². The quantitative estimate of drug-likeness (QED) is 0.906. The van der Waals surface area contributed by atoms with Crippen molar-refractivity contribution in [2.45, 2.75) is 19.0 Å². The van der Waals surface area contributed by atoms with Crippen LogP contribution < -0.4 is 5.32 Å². The number of nitrogens with one attached hydrogen (secondary N) is 1. The van der Waals surface area contributed by atoms with Crippen molar-refractivity contribution >= 4 is 15.7 Å². The summed E-state index contributed by atoms with van der Waals surface area (Å²) in [6.45, 7) is 0.649. The van der Waals surface area contributed by atoms with Gasteiger partial charge in [0, 0.05) is 24.0 Å². The van der Waals surface area contributed by atoms with Crippen LogP contribution in [0.3, 0.4) is 0 Å². The lowest BCUT2D eigenvalue weighted by Crippen LogP contribution is -2.35. The van der Waals surface area contributed by atoms with E-state index >= 15 is 0 Å². The van der Waals surface area contributed by atoms with Crippen LogP contribution in [0.15, 0.2) is 42.7 Å². The van der Waals surface area contributed by atoms with E-state index in [4.69, 9.17) is 0 Å². The molecule has 7 heteroatoms. The van der Waals surface area contributed by atoms with E-state index in [0.29, 0.717) is 18.5 Å². The molecule has 0 aliphatic carbocycles. The topological polar surface area (TPSA) is 81.1 Å². The average molecular weight is 319 g/mol. The summed E-state index contributed by atoms with van der Waals surface area (Å²) in [5.41, 5.74) is 1.58. The van der Waals surface area contributed by atoms with Gasteiger partial charge in [-0.3, -0.25) is 9.48 Å². The van der Waals surface area contributed by atoms with Crippen LogP contribution >= 0.6 is 0 Å². The molecule has 1 N–H and O–H groups in total. The van der Waals surface area contributed by atoms with Gasteiger partial charge in [0.05, 0.1) is 18.1 Å². The Morgan fingerprint density at radius 2 is 2.09 bits per heavy atom. The van der Waals surface area contributed by atoms with Gasteiger partial charge in [0.1, 0.15) is 0 Å². The van der Waals surface area contributed by atoms with Crippen LogP contribution in [0.4, 0.5) is 0 Å². The minimum atomic E-state index is -2.98.